The minimum atomic E-state index is -0.458. The maximum Gasteiger partial charge on any atom is 0.234 e. The molecule has 2 rings (SSSR count). The molecule has 19 heavy (non-hydrogen) atoms. The molecule has 0 saturated carbocycles. The summed E-state index contributed by atoms with van der Waals surface area (Å²) in [7, 11) is 0. The predicted octanol–water partition coefficient (Wildman–Crippen LogP) is 1.43. The number of amides is 1. The Labute approximate surface area is 117 Å². The molecule has 2 heterocycles. The smallest absolute Gasteiger partial charge is 0.234 e. The van der Waals surface area contributed by atoms with Crippen molar-refractivity contribution in [3.8, 4) is 6.07 Å². The summed E-state index contributed by atoms with van der Waals surface area (Å²) < 4.78 is 0. The van der Waals surface area contributed by atoms with Gasteiger partial charge in [-0.25, -0.2) is 0 Å². The Bertz CT molecular complexity index is 446. The third kappa shape index (κ3) is 4.54. The van der Waals surface area contributed by atoms with E-state index in [-0.39, 0.29) is 0 Å². The molecule has 1 aromatic rings. The molecule has 0 radical (unpaired) electrons. The van der Waals surface area contributed by atoms with E-state index in [2.05, 4.69) is 17.0 Å². The molecular formula is C13H20N4OS. The van der Waals surface area contributed by atoms with Crippen LogP contribution >= 0.6 is 11.3 Å². The molecule has 1 fully saturated rings. The fourth-order valence-corrected chi connectivity index (χ4v) is 2.50. The third-order valence-electron chi connectivity index (χ3n) is 3.00. The topological polar surface area (TPSA) is 96.1 Å². The van der Waals surface area contributed by atoms with Crippen molar-refractivity contribution in [1.82, 2.24) is 0 Å². The fourth-order valence-electron chi connectivity index (χ4n) is 1.79. The Morgan fingerprint density at radius 1 is 1.58 bits per heavy atom. The molecular weight excluding hydrogens is 260 g/mol. The number of hydrogen-bond acceptors (Lipinski definition) is 5. The lowest BCUT2D eigenvalue weighted by molar-refractivity contribution is -0.119. The lowest BCUT2D eigenvalue weighted by atomic mass is 10.2. The predicted molar refractivity (Wildman–Crippen MR) is 77.9 cm³/mol. The first-order chi connectivity index (χ1) is 9.10. The van der Waals surface area contributed by atoms with E-state index in [1.807, 2.05) is 12.3 Å². The highest BCUT2D eigenvalue weighted by Crippen LogP contribution is 2.27. The summed E-state index contributed by atoms with van der Waals surface area (Å²) in [6.07, 6.45) is 3.15. The zero-order valence-electron chi connectivity index (χ0n) is 11.1. The van der Waals surface area contributed by atoms with E-state index in [0.29, 0.717) is 6.42 Å². The second kappa shape index (κ2) is 7.77. The minimum Gasteiger partial charge on any atom is -0.370 e. The normalized spacial score (nSPS) is 15.3. The van der Waals surface area contributed by atoms with Crippen molar-refractivity contribution >= 4 is 22.9 Å². The zero-order chi connectivity index (χ0) is 14.3. The van der Waals surface area contributed by atoms with Gasteiger partial charge in [0.1, 0.15) is 10.9 Å². The summed E-state index contributed by atoms with van der Waals surface area (Å²) in [5, 5.41) is 10.8. The average Bonchev–Trinajstić information content (AvgIpc) is 3.07. The molecule has 104 valence electrons. The highest BCUT2D eigenvalue weighted by Gasteiger charge is 2.15. The van der Waals surface area contributed by atoms with Gasteiger partial charge < -0.3 is 16.4 Å². The molecule has 1 unspecified atom stereocenters. The van der Waals surface area contributed by atoms with Gasteiger partial charge in [-0.3, -0.25) is 4.79 Å². The van der Waals surface area contributed by atoms with Gasteiger partial charge in [-0.15, -0.1) is 11.3 Å². The molecule has 1 atom stereocenters. The van der Waals surface area contributed by atoms with Crippen molar-refractivity contribution in [3.05, 3.63) is 16.3 Å². The highest BCUT2D eigenvalue weighted by molar-refractivity contribution is 7.11. The second-order valence-corrected chi connectivity index (χ2v) is 5.27. The van der Waals surface area contributed by atoms with Crippen LogP contribution in [-0.2, 0) is 4.79 Å². The number of primary amides is 1. The molecule has 0 aliphatic carbocycles. The molecule has 0 spiro atoms. The van der Waals surface area contributed by atoms with Gasteiger partial charge in [-0.2, -0.15) is 5.26 Å². The quantitative estimate of drug-likeness (QED) is 0.875. The maximum atomic E-state index is 10.0. The number of rotatable bonds is 3. The van der Waals surface area contributed by atoms with Gasteiger partial charge >= 0.3 is 0 Å². The minimum absolute atomic E-state index is 0.428. The van der Waals surface area contributed by atoms with Crippen molar-refractivity contribution < 1.29 is 4.79 Å². The van der Waals surface area contributed by atoms with Crippen molar-refractivity contribution in [2.45, 2.75) is 32.2 Å². The summed E-state index contributed by atoms with van der Waals surface area (Å²) >= 11 is 1.53. The number of nitriles is 1. The molecule has 1 aliphatic heterocycles. The largest absolute Gasteiger partial charge is 0.370 e. The first-order valence-corrected chi connectivity index (χ1v) is 7.25. The van der Waals surface area contributed by atoms with Crippen molar-refractivity contribution in [2.75, 3.05) is 18.0 Å². The van der Waals surface area contributed by atoms with Crippen molar-refractivity contribution in [2.24, 2.45) is 11.5 Å². The summed E-state index contributed by atoms with van der Waals surface area (Å²) in [5.74, 6) is -0.428. The Balaban J connectivity index is 0.000000224. The third-order valence-corrected chi connectivity index (χ3v) is 3.81. The van der Waals surface area contributed by atoms with E-state index < -0.39 is 11.9 Å². The number of hydrogen-bond donors (Lipinski definition) is 2. The van der Waals surface area contributed by atoms with Gasteiger partial charge in [0.15, 0.2) is 0 Å². The number of anilines is 1. The van der Waals surface area contributed by atoms with Crippen LogP contribution in [0.15, 0.2) is 11.4 Å². The number of carbonyl (C=O) groups is 1. The summed E-state index contributed by atoms with van der Waals surface area (Å²) in [5.41, 5.74) is 11.1. The summed E-state index contributed by atoms with van der Waals surface area (Å²) in [4.78, 5) is 13.2. The van der Waals surface area contributed by atoms with E-state index in [1.165, 1.54) is 24.2 Å². The molecule has 1 aromatic heterocycles. The Morgan fingerprint density at radius 2 is 2.21 bits per heavy atom. The molecule has 5 nitrogen and oxygen atoms in total. The second-order valence-electron chi connectivity index (χ2n) is 4.36. The lowest BCUT2D eigenvalue weighted by Gasteiger charge is -2.15. The zero-order valence-corrected chi connectivity index (χ0v) is 11.9. The summed E-state index contributed by atoms with van der Waals surface area (Å²) in [6, 6.07) is 3.82. The van der Waals surface area contributed by atoms with Crippen LogP contribution in [0.2, 0.25) is 0 Å². The Hall–Kier alpha value is -1.58. The average molecular weight is 280 g/mol. The van der Waals surface area contributed by atoms with E-state index in [4.69, 9.17) is 16.7 Å². The van der Waals surface area contributed by atoms with E-state index in [0.717, 1.165) is 23.7 Å². The molecule has 0 bridgehead atoms. The number of nitrogens with zero attached hydrogens (tertiary/aromatic N) is 2. The van der Waals surface area contributed by atoms with Crippen LogP contribution in [0.3, 0.4) is 0 Å². The Kier molecular flexibility index (Phi) is 6.33. The lowest BCUT2D eigenvalue weighted by Crippen LogP contribution is -2.35. The first kappa shape index (κ1) is 15.5. The molecule has 0 aromatic carbocycles. The van der Waals surface area contributed by atoms with E-state index >= 15 is 0 Å². The molecule has 1 amide bonds. The SMILES string of the molecule is CCC(N)C(N)=O.N#Cc1sccc1N1CCCC1. The van der Waals surface area contributed by atoms with Crippen LogP contribution in [0, 0.1) is 11.3 Å². The van der Waals surface area contributed by atoms with Crippen LogP contribution in [0.1, 0.15) is 31.1 Å². The molecule has 4 N–H and O–H groups in total. The van der Waals surface area contributed by atoms with Crippen molar-refractivity contribution in [3.63, 3.8) is 0 Å². The highest BCUT2D eigenvalue weighted by atomic mass is 32.1. The van der Waals surface area contributed by atoms with Crippen LogP contribution in [0.4, 0.5) is 5.69 Å². The molecule has 1 aliphatic rings. The summed E-state index contributed by atoms with van der Waals surface area (Å²) in [6.45, 7) is 4.05. The van der Waals surface area contributed by atoms with Gasteiger partial charge in [0.05, 0.1) is 11.7 Å². The van der Waals surface area contributed by atoms with E-state index in [9.17, 15) is 4.79 Å². The van der Waals surface area contributed by atoms with Gasteiger partial charge in [0.25, 0.3) is 0 Å². The van der Waals surface area contributed by atoms with Crippen LogP contribution in [0.25, 0.3) is 0 Å². The van der Waals surface area contributed by atoms with Crippen LogP contribution in [-0.4, -0.2) is 25.0 Å². The number of thiophene rings is 1. The van der Waals surface area contributed by atoms with Crippen LogP contribution in [0.5, 0.6) is 0 Å². The molecule has 6 heteroatoms. The molecule has 1 saturated heterocycles. The van der Waals surface area contributed by atoms with Crippen molar-refractivity contribution in [1.29, 1.82) is 5.26 Å². The van der Waals surface area contributed by atoms with Gasteiger partial charge in [0, 0.05) is 13.1 Å². The fraction of sp³-hybridized carbons (Fsp3) is 0.538. The monoisotopic (exact) mass is 280 g/mol. The number of carbonyl (C=O) groups excluding carboxylic acids is 1. The first-order valence-electron chi connectivity index (χ1n) is 6.37. The maximum absolute atomic E-state index is 10.0. The van der Waals surface area contributed by atoms with Gasteiger partial charge in [-0.1, -0.05) is 6.92 Å². The standard InChI is InChI=1S/C9H10N2S.C4H10N2O/c10-7-9-8(3-6-12-9)11-4-1-2-5-11;1-2-3(5)4(6)7/h3,6H,1-2,4-5H2;3H,2,5H2,1H3,(H2,6,7). The van der Waals surface area contributed by atoms with Crippen LogP contribution < -0.4 is 16.4 Å². The van der Waals surface area contributed by atoms with E-state index in [1.54, 1.807) is 0 Å². The van der Waals surface area contributed by atoms with Gasteiger partial charge in [-0.05, 0) is 30.7 Å². The number of nitrogens with two attached hydrogens (primary N) is 2. The van der Waals surface area contributed by atoms with Gasteiger partial charge in [0.2, 0.25) is 5.91 Å². The Morgan fingerprint density at radius 3 is 2.63 bits per heavy atom.